The smallest absolute Gasteiger partial charge is 0.369 e. The molecule has 1 fully saturated rings. The molecule has 26 heavy (non-hydrogen) atoms. The number of anilines is 2. The van der Waals surface area contributed by atoms with Crippen molar-refractivity contribution in [3.05, 3.63) is 47.4 Å². The number of nitriles is 1. The number of alkyl halides is 3. The Bertz CT molecular complexity index is 828. The predicted octanol–water partition coefficient (Wildman–Crippen LogP) is 3.76. The summed E-state index contributed by atoms with van der Waals surface area (Å²) in [4.78, 5) is 9.91. The van der Waals surface area contributed by atoms with Gasteiger partial charge in [0.05, 0.1) is 17.2 Å². The number of rotatable bonds is 3. The van der Waals surface area contributed by atoms with Crippen molar-refractivity contribution in [3.63, 3.8) is 0 Å². The first-order valence-corrected chi connectivity index (χ1v) is 8.28. The number of nitrogens with one attached hydrogen (secondary N) is 1. The summed E-state index contributed by atoms with van der Waals surface area (Å²) < 4.78 is 40.3. The number of hydrogen-bond acceptors (Lipinski definition) is 5. The number of nitrogens with zero attached hydrogens (tertiary/aromatic N) is 4. The van der Waals surface area contributed by atoms with Crippen molar-refractivity contribution < 1.29 is 13.2 Å². The molecule has 1 atom stereocenters. The Balaban J connectivity index is 1.82. The molecule has 3 rings (SSSR count). The summed E-state index contributed by atoms with van der Waals surface area (Å²) >= 11 is 0. The molecule has 1 aliphatic rings. The van der Waals surface area contributed by atoms with E-state index in [1.54, 1.807) is 11.0 Å². The third-order valence-electron chi connectivity index (χ3n) is 4.35. The summed E-state index contributed by atoms with van der Waals surface area (Å²) in [6.45, 7) is 2.82. The minimum absolute atomic E-state index is 0.00391. The van der Waals surface area contributed by atoms with Crippen LogP contribution in [0.25, 0.3) is 0 Å². The number of benzene rings is 1. The van der Waals surface area contributed by atoms with Gasteiger partial charge in [-0.05, 0) is 38.0 Å². The predicted molar refractivity (Wildman–Crippen MR) is 91.8 cm³/mol. The first-order valence-electron chi connectivity index (χ1n) is 8.28. The van der Waals surface area contributed by atoms with Crippen LogP contribution in [0.3, 0.4) is 0 Å². The highest BCUT2D eigenvalue weighted by Gasteiger charge is 2.36. The van der Waals surface area contributed by atoms with Crippen molar-refractivity contribution in [2.45, 2.75) is 32.0 Å². The average molecular weight is 361 g/mol. The quantitative estimate of drug-likeness (QED) is 0.902. The van der Waals surface area contributed by atoms with E-state index >= 15 is 0 Å². The summed E-state index contributed by atoms with van der Waals surface area (Å²) in [5.74, 6) is 0.667. The molecule has 136 valence electrons. The number of aromatic nitrogens is 2. The summed E-state index contributed by atoms with van der Waals surface area (Å²) in [5.41, 5.74) is 0.169. The van der Waals surface area contributed by atoms with Crippen LogP contribution >= 0.6 is 0 Å². The fraction of sp³-hybridized carbons (Fsp3) is 0.389. The number of aryl methyl sites for hydroxylation is 1. The minimum atomic E-state index is -4.51. The second kappa shape index (κ2) is 7.20. The van der Waals surface area contributed by atoms with Crippen LogP contribution in [0.5, 0.6) is 0 Å². The molecule has 1 aliphatic heterocycles. The van der Waals surface area contributed by atoms with Gasteiger partial charge in [0, 0.05) is 36.6 Å². The average Bonchev–Trinajstić information content (AvgIpc) is 2.61. The molecule has 1 aromatic carbocycles. The first-order chi connectivity index (χ1) is 12.4. The summed E-state index contributed by atoms with van der Waals surface area (Å²) in [5, 5.41) is 12.2. The van der Waals surface area contributed by atoms with E-state index in [2.05, 4.69) is 15.3 Å². The number of piperidine rings is 1. The largest absolute Gasteiger partial charge is 0.418 e. The highest BCUT2D eigenvalue weighted by atomic mass is 19.4. The summed E-state index contributed by atoms with van der Waals surface area (Å²) in [7, 11) is 0. The molecule has 2 aromatic rings. The van der Waals surface area contributed by atoms with Crippen molar-refractivity contribution >= 4 is 11.5 Å². The molecule has 1 aromatic heterocycles. The monoisotopic (exact) mass is 361 g/mol. The maximum atomic E-state index is 13.4. The lowest BCUT2D eigenvalue weighted by atomic mass is 10.0. The van der Waals surface area contributed by atoms with Crippen LogP contribution in [0.4, 0.5) is 24.7 Å². The molecule has 0 spiro atoms. The van der Waals surface area contributed by atoms with Gasteiger partial charge in [-0.1, -0.05) is 0 Å². The van der Waals surface area contributed by atoms with Crippen molar-refractivity contribution in [2.75, 3.05) is 23.3 Å². The normalized spacial score (nSPS) is 17.7. The fourth-order valence-corrected chi connectivity index (χ4v) is 3.16. The Morgan fingerprint density at radius 3 is 2.77 bits per heavy atom. The molecule has 0 radical (unpaired) electrons. The van der Waals surface area contributed by atoms with Crippen LogP contribution in [-0.4, -0.2) is 29.1 Å². The van der Waals surface area contributed by atoms with E-state index < -0.39 is 11.7 Å². The Hall–Kier alpha value is -2.82. The van der Waals surface area contributed by atoms with Gasteiger partial charge in [-0.2, -0.15) is 18.4 Å². The van der Waals surface area contributed by atoms with E-state index in [1.165, 1.54) is 18.5 Å². The molecule has 0 saturated carbocycles. The molecule has 0 amide bonds. The third kappa shape index (κ3) is 4.04. The van der Waals surface area contributed by atoms with Crippen LogP contribution < -0.4 is 10.2 Å². The van der Waals surface area contributed by atoms with Gasteiger partial charge in [0.25, 0.3) is 0 Å². The van der Waals surface area contributed by atoms with Crippen LogP contribution in [0.1, 0.15) is 29.7 Å². The topological polar surface area (TPSA) is 64.8 Å². The van der Waals surface area contributed by atoms with Crippen molar-refractivity contribution in [2.24, 2.45) is 0 Å². The highest BCUT2D eigenvalue weighted by molar-refractivity contribution is 5.58. The Morgan fingerprint density at radius 2 is 2.08 bits per heavy atom. The first kappa shape index (κ1) is 18.0. The van der Waals surface area contributed by atoms with E-state index in [0.717, 1.165) is 24.6 Å². The Kier molecular flexibility index (Phi) is 4.98. The molecule has 2 heterocycles. The van der Waals surface area contributed by atoms with Gasteiger partial charge in [0.2, 0.25) is 0 Å². The lowest BCUT2D eigenvalue weighted by molar-refractivity contribution is -0.137. The Labute approximate surface area is 149 Å². The van der Waals surface area contributed by atoms with E-state index in [0.29, 0.717) is 18.9 Å². The second-order valence-electron chi connectivity index (χ2n) is 6.32. The zero-order valence-electron chi connectivity index (χ0n) is 14.2. The van der Waals surface area contributed by atoms with Crippen molar-refractivity contribution in [1.82, 2.24) is 9.97 Å². The molecule has 8 heteroatoms. The van der Waals surface area contributed by atoms with Gasteiger partial charge in [-0.25, -0.2) is 9.97 Å². The number of hydrogen-bond donors (Lipinski definition) is 1. The minimum Gasteiger partial charge on any atom is -0.369 e. The van der Waals surface area contributed by atoms with Crippen LogP contribution in [0.2, 0.25) is 0 Å². The SMILES string of the molecule is Cc1cc(NC2CCCN(c3ccc(C#N)cc3C(F)(F)F)C2)ncn1. The zero-order chi connectivity index (χ0) is 18.7. The molecule has 0 bridgehead atoms. The zero-order valence-corrected chi connectivity index (χ0v) is 14.2. The van der Waals surface area contributed by atoms with Crippen molar-refractivity contribution in [3.8, 4) is 6.07 Å². The van der Waals surface area contributed by atoms with Gasteiger partial charge in [-0.15, -0.1) is 0 Å². The van der Waals surface area contributed by atoms with Gasteiger partial charge < -0.3 is 10.2 Å². The van der Waals surface area contributed by atoms with E-state index in [9.17, 15) is 13.2 Å². The summed E-state index contributed by atoms with van der Waals surface area (Å²) in [6.07, 6.45) is -1.44. The molecular weight excluding hydrogens is 343 g/mol. The lowest BCUT2D eigenvalue weighted by Gasteiger charge is -2.36. The van der Waals surface area contributed by atoms with E-state index in [-0.39, 0.29) is 17.3 Å². The maximum absolute atomic E-state index is 13.4. The molecule has 1 saturated heterocycles. The standard InChI is InChI=1S/C18H18F3N5/c1-12-7-17(24-11-23-12)25-14-3-2-6-26(10-14)16-5-4-13(9-22)8-15(16)18(19,20)21/h4-5,7-8,11,14H,2-3,6,10H2,1H3,(H,23,24,25). The Morgan fingerprint density at radius 1 is 1.27 bits per heavy atom. The number of halogens is 3. The third-order valence-corrected chi connectivity index (χ3v) is 4.35. The fourth-order valence-electron chi connectivity index (χ4n) is 3.16. The second-order valence-corrected chi connectivity index (χ2v) is 6.32. The molecule has 1 unspecified atom stereocenters. The lowest BCUT2D eigenvalue weighted by Crippen LogP contribution is -2.43. The van der Waals surface area contributed by atoms with E-state index in [4.69, 9.17) is 5.26 Å². The van der Waals surface area contributed by atoms with Crippen LogP contribution in [0, 0.1) is 18.3 Å². The van der Waals surface area contributed by atoms with E-state index in [1.807, 2.05) is 13.0 Å². The van der Waals surface area contributed by atoms with Gasteiger partial charge in [0.15, 0.2) is 0 Å². The van der Waals surface area contributed by atoms with Crippen molar-refractivity contribution in [1.29, 1.82) is 5.26 Å². The van der Waals surface area contributed by atoms with Crippen LogP contribution in [-0.2, 0) is 6.18 Å². The maximum Gasteiger partial charge on any atom is 0.418 e. The summed E-state index contributed by atoms with van der Waals surface area (Å²) in [6, 6.07) is 7.29. The molecule has 5 nitrogen and oxygen atoms in total. The van der Waals surface area contributed by atoms with Crippen LogP contribution in [0.15, 0.2) is 30.6 Å². The highest BCUT2D eigenvalue weighted by Crippen LogP contribution is 2.38. The van der Waals surface area contributed by atoms with Gasteiger partial charge in [-0.3, -0.25) is 0 Å². The molecule has 0 aliphatic carbocycles. The molecular formula is C18H18F3N5. The van der Waals surface area contributed by atoms with Gasteiger partial charge in [0.1, 0.15) is 12.1 Å². The molecule has 1 N–H and O–H groups in total. The van der Waals surface area contributed by atoms with Gasteiger partial charge >= 0.3 is 6.18 Å².